The second kappa shape index (κ2) is 8.81. The van der Waals surface area contributed by atoms with Crippen LogP contribution in [0.1, 0.15) is 42.1 Å². The molecule has 1 amide bonds. The highest BCUT2D eigenvalue weighted by molar-refractivity contribution is 9.10. The zero-order chi connectivity index (χ0) is 23.0. The number of anilines is 1. The van der Waals surface area contributed by atoms with Crippen LogP contribution >= 0.6 is 27.5 Å². The van der Waals surface area contributed by atoms with E-state index in [0.717, 1.165) is 12.8 Å². The van der Waals surface area contributed by atoms with E-state index < -0.39 is 23.6 Å². The van der Waals surface area contributed by atoms with Gasteiger partial charge in [-0.25, -0.2) is 14.1 Å². The predicted octanol–water partition coefficient (Wildman–Crippen LogP) is 5.00. The Labute approximate surface area is 192 Å². The van der Waals surface area contributed by atoms with Crippen LogP contribution in [0.25, 0.3) is 0 Å². The molecule has 1 N–H and O–H groups in total. The van der Waals surface area contributed by atoms with E-state index in [1.165, 1.54) is 33.9 Å². The van der Waals surface area contributed by atoms with Crippen LogP contribution < -0.4 is 5.32 Å². The molecular formula is C19H16BrClF4N6O. The van der Waals surface area contributed by atoms with E-state index in [9.17, 15) is 22.4 Å². The van der Waals surface area contributed by atoms with Gasteiger partial charge in [0.25, 0.3) is 0 Å². The number of amides is 1. The van der Waals surface area contributed by atoms with Crippen molar-refractivity contribution in [1.82, 2.24) is 24.5 Å². The van der Waals surface area contributed by atoms with Gasteiger partial charge in [-0.3, -0.25) is 14.8 Å². The van der Waals surface area contributed by atoms with Crippen molar-refractivity contribution in [1.29, 1.82) is 0 Å². The molecule has 0 bridgehead atoms. The summed E-state index contributed by atoms with van der Waals surface area (Å²) in [4.78, 5) is 16.3. The summed E-state index contributed by atoms with van der Waals surface area (Å²) >= 11 is 9.02. The van der Waals surface area contributed by atoms with Crippen molar-refractivity contribution < 1.29 is 22.4 Å². The average Bonchev–Trinajstić information content (AvgIpc) is 3.34. The molecule has 0 saturated heterocycles. The molecule has 1 aliphatic carbocycles. The first-order valence-corrected chi connectivity index (χ1v) is 10.8. The summed E-state index contributed by atoms with van der Waals surface area (Å²) in [7, 11) is 0. The van der Waals surface area contributed by atoms with Crippen molar-refractivity contribution in [3.63, 3.8) is 0 Å². The minimum absolute atomic E-state index is 0.00619. The van der Waals surface area contributed by atoms with Gasteiger partial charge < -0.3 is 0 Å². The van der Waals surface area contributed by atoms with Crippen molar-refractivity contribution in [3.8, 4) is 0 Å². The Morgan fingerprint density at radius 3 is 2.69 bits per heavy atom. The molecule has 1 fully saturated rings. The maximum Gasteiger partial charge on any atom is 0.436 e. The largest absolute Gasteiger partial charge is 0.436 e. The monoisotopic (exact) mass is 534 g/mol. The quantitative estimate of drug-likeness (QED) is 0.432. The minimum atomic E-state index is -4.58. The molecule has 2 heterocycles. The molecule has 1 aromatic carbocycles. The molecule has 0 aliphatic heterocycles. The zero-order valence-corrected chi connectivity index (χ0v) is 18.7. The molecule has 13 heteroatoms. The molecule has 170 valence electrons. The number of aryl methyl sites for hydroxylation is 1. The SMILES string of the molecule is O=C(CCn1nc(C(F)(F)F)c(Br)c1C1CC1)Nc1ncn(Cc2ccc(F)cc2Cl)n1. The number of benzene rings is 1. The highest BCUT2D eigenvalue weighted by atomic mass is 79.9. The van der Waals surface area contributed by atoms with Crippen molar-refractivity contribution in [2.45, 2.75) is 44.4 Å². The molecule has 0 spiro atoms. The Morgan fingerprint density at radius 1 is 1.28 bits per heavy atom. The summed E-state index contributed by atoms with van der Waals surface area (Å²) in [6, 6.07) is 3.98. The third-order valence-electron chi connectivity index (χ3n) is 4.85. The Hall–Kier alpha value is -2.47. The number of carbonyl (C=O) groups is 1. The lowest BCUT2D eigenvalue weighted by molar-refractivity contribution is -0.142. The molecule has 7 nitrogen and oxygen atoms in total. The number of aromatic nitrogens is 5. The number of rotatable bonds is 7. The van der Waals surface area contributed by atoms with Gasteiger partial charge in [0.15, 0.2) is 5.69 Å². The predicted molar refractivity (Wildman–Crippen MR) is 111 cm³/mol. The van der Waals surface area contributed by atoms with Crippen LogP contribution in [0.3, 0.4) is 0 Å². The van der Waals surface area contributed by atoms with Crippen LogP contribution in [0, 0.1) is 5.82 Å². The first-order chi connectivity index (χ1) is 15.1. The number of hydrogen-bond donors (Lipinski definition) is 1. The topological polar surface area (TPSA) is 77.6 Å². The number of nitrogens with zero attached hydrogens (tertiary/aromatic N) is 5. The van der Waals surface area contributed by atoms with Gasteiger partial charge >= 0.3 is 6.18 Å². The third kappa shape index (κ3) is 5.12. The van der Waals surface area contributed by atoms with E-state index in [1.54, 1.807) is 0 Å². The summed E-state index contributed by atoms with van der Waals surface area (Å²) < 4.78 is 55.3. The number of hydrogen-bond acceptors (Lipinski definition) is 4. The van der Waals surface area contributed by atoms with Gasteiger partial charge in [0.05, 0.1) is 23.3 Å². The van der Waals surface area contributed by atoms with E-state index in [1.807, 2.05) is 0 Å². The van der Waals surface area contributed by atoms with Gasteiger partial charge in [0.1, 0.15) is 12.1 Å². The van der Waals surface area contributed by atoms with E-state index in [2.05, 4.69) is 36.4 Å². The number of carbonyl (C=O) groups excluding carboxylic acids is 1. The Balaban J connectivity index is 1.38. The van der Waals surface area contributed by atoms with Gasteiger partial charge in [0, 0.05) is 17.4 Å². The lowest BCUT2D eigenvalue weighted by atomic mass is 10.2. The van der Waals surface area contributed by atoms with Gasteiger partial charge in [-0.1, -0.05) is 17.7 Å². The van der Waals surface area contributed by atoms with Gasteiger partial charge in [-0.2, -0.15) is 18.3 Å². The van der Waals surface area contributed by atoms with Crippen LogP contribution in [-0.2, 0) is 24.1 Å². The fraction of sp³-hybridized carbons (Fsp3) is 0.368. The van der Waals surface area contributed by atoms with Crippen LogP contribution in [0.5, 0.6) is 0 Å². The van der Waals surface area contributed by atoms with E-state index in [4.69, 9.17) is 11.6 Å². The summed E-state index contributed by atoms with van der Waals surface area (Å²) in [6.07, 6.45) is -1.75. The lowest BCUT2D eigenvalue weighted by Gasteiger charge is -2.07. The van der Waals surface area contributed by atoms with Crippen molar-refractivity contribution in [2.75, 3.05) is 5.32 Å². The van der Waals surface area contributed by atoms with Crippen LogP contribution in [-0.4, -0.2) is 30.5 Å². The second-order valence-electron chi connectivity index (χ2n) is 7.34. The minimum Gasteiger partial charge on any atom is -0.293 e. The van der Waals surface area contributed by atoms with Gasteiger partial charge in [0.2, 0.25) is 11.9 Å². The summed E-state index contributed by atoms with van der Waals surface area (Å²) in [6.45, 7) is 0.201. The summed E-state index contributed by atoms with van der Waals surface area (Å²) in [5, 5.41) is 10.5. The maximum atomic E-state index is 13.2. The normalized spacial score (nSPS) is 14.1. The molecule has 3 aromatic rings. The Kier molecular flexibility index (Phi) is 6.26. The molecular weight excluding hydrogens is 520 g/mol. The Morgan fingerprint density at radius 2 is 2.03 bits per heavy atom. The molecule has 32 heavy (non-hydrogen) atoms. The molecule has 0 radical (unpaired) electrons. The molecule has 1 saturated carbocycles. The van der Waals surface area contributed by atoms with E-state index >= 15 is 0 Å². The number of alkyl halides is 3. The molecule has 4 rings (SSSR count). The second-order valence-corrected chi connectivity index (χ2v) is 8.54. The maximum absolute atomic E-state index is 13.2. The number of halogens is 6. The Bertz CT molecular complexity index is 1160. The fourth-order valence-electron chi connectivity index (χ4n) is 3.20. The fourth-order valence-corrected chi connectivity index (χ4v) is 4.26. The molecule has 0 unspecified atom stereocenters. The highest BCUT2D eigenvalue weighted by Gasteiger charge is 2.41. The van der Waals surface area contributed by atoms with Crippen LogP contribution in [0.4, 0.5) is 23.5 Å². The van der Waals surface area contributed by atoms with Crippen LogP contribution in [0.15, 0.2) is 29.0 Å². The first kappa shape index (κ1) is 22.7. The van der Waals surface area contributed by atoms with Crippen LogP contribution in [0.2, 0.25) is 5.02 Å². The summed E-state index contributed by atoms with van der Waals surface area (Å²) in [5.41, 5.74) is 0.0940. The third-order valence-corrected chi connectivity index (χ3v) is 5.98. The molecule has 0 atom stereocenters. The van der Waals surface area contributed by atoms with Crippen molar-refractivity contribution in [3.05, 3.63) is 56.8 Å². The molecule has 2 aromatic heterocycles. The lowest BCUT2D eigenvalue weighted by Crippen LogP contribution is -2.17. The van der Waals surface area contributed by atoms with E-state index in [-0.39, 0.29) is 40.9 Å². The first-order valence-electron chi connectivity index (χ1n) is 9.58. The molecule has 1 aliphatic rings. The highest BCUT2D eigenvalue weighted by Crippen LogP contribution is 2.47. The van der Waals surface area contributed by atoms with E-state index in [0.29, 0.717) is 11.3 Å². The number of nitrogens with one attached hydrogen (secondary N) is 1. The average molecular weight is 536 g/mol. The van der Waals surface area contributed by atoms with Crippen molar-refractivity contribution >= 4 is 39.4 Å². The van der Waals surface area contributed by atoms with Crippen molar-refractivity contribution in [2.24, 2.45) is 0 Å². The smallest absolute Gasteiger partial charge is 0.293 e. The zero-order valence-electron chi connectivity index (χ0n) is 16.3. The van der Waals surface area contributed by atoms with Gasteiger partial charge in [-0.15, -0.1) is 5.10 Å². The standard InChI is InChI=1S/C19H16BrClF4N6O/c20-15-16(10-1-2-10)31(28-17(15)19(23,24)25)6-5-14(32)27-18-26-9-30(29-18)8-11-3-4-12(22)7-13(11)21/h3-4,7,9-10H,1-2,5-6,8H2,(H,27,29,32). The van der Waals surface area contributed by atoms with Gasteiger partial charge in [-0.05, 0) is 46.5 Å². The summed E-state index contributed by atoms with van der Waals surface area (Å²) in [5.74, 6) is -0.883.